The van der Waals surface area contributed by atoms with Crippen LogP contribution in [0, 0.1) is 23.7 Å². The fourth-order valence-electron chi connectivity index (χ4n) is 3.61. The molecule has 4 atom stereocenters. The Hall–Kier alpha value is -2.91. The SMILES string of the molecule is [3H]c1ccc(C#Cc2nc3c(O)ncnc3n2[C@@H]2O[C@H](CC)[C@H](C)C2C)cc1. The molecule has 1 saturated heterocycles. The maximum Gasteiger partial charge on any atom is 0.242 e. The highest BCUT2D eigenvalue weighted by molar-refractivity contribution is 5.77. The van der Waals surface area contributed by atoms with Gasteiger partial charge in [-0.15, -0.1) is 0 Å². The van der Waals surface area contributed by atoms with Gasteiger partial charge in [0.15, 0.2) is 17.0 Å². The maximum absolute atomic E-state index is 10.1. The van der Waals surface area contributed by atoms with Gasteiger partial charge < -0.3 is 9.84 Å². The summed E-state index contributed by atoms with van der Waals surface area (Å²) in [5.74, 6) is 7.10. The average Bonchev–Trinajstić information content (AvgIpc) is 3.20. The molecular formula is C21H22N4O2. The van der Waals surface area contributed by atoms with Crippen molar-refractivity contribution in [1.82, 2.24) is 19.5 Å². The number of hydrogen-bond donors (Lipinski definition) is 1. The molecule has 1 aliphatic rings. The third-order valence-electron chi connectivity index (χ3n) is 5.33. The largest absolute Gasteiger partial charge is 0.492 e. The lowest BCUT2D eigenvalue weighted by molar-refractivity contribution is -0.0124. The smallest absolute Gasteiger partial charge is 0.242 e. The second-order valence-electron chi connectivity index (χ2n) is 6.91. The number of hydrogen-bond acceptors (Lipinski definition) is 5. The summed E-state index contributed by atoms with van der Waals surface area (Å²) in [6, 6.07) is 7.41. The molecule has 1 unspecified atom stereocenters. The minimum atomic E-state index is -0.265. The Morgan fingerprint density at radius 1 is 1.22 bits per heavy atom. The first-order valence-electron chi connectivity index (χ1n) is 9.65. The number of ether oxygens (including phenoxy) is 1. The first-order chi connectivity index (χ1) is 13.5. The van der Waals surface area contributed by atoms with E-state index in [1.54, 1.807) is 24.3 Å². The number of imidazole rings is 1. The van der Waals surface area contributed by atoms with Crippen LogP contribution < -0.4 is 0 Å². The lowest BCUT2D eigenvalue weighted by Crippen LogP contribution is -2.17. The van der Waals surface area contributed by atoms with Gasteiger partial charge in [-0.1, -0.05) is 44.9 Å². The van der Waals surface area contributed by atoms with E-state index in [0.29, 0.717) is 28.9 Å². The van der Waals surface area contributed by atoms with Crippen LogP contribution in [-0.4, -0.2) is 30.7 Å². The monoisotopic (exact) mass is 364 g/mol. The first-order valence-corrected chi connectivity index (χ1v) is 9.15. The van der Waals surface area contributed by atoms with Crippen molar-refractivity contribution in [1.29, 1.82) is 0 Å². The van der Waals surface area contributed by atoms with Crippen molar-refractivity contribution in [2.24, 2.45) is 11.8 Å². The van der Waals surface area contributed by atoms with E-state index in [0.717, 1.165) is 12.0 Å². The fourth-order valence-corrected chi connectivity index (χ4v) is 3.61. The van der Waals surface area contributed by atoms with Crippen LogP contribution in [0.25, 0.3) is 11.2 Å². The summed E-state index contributed by atoms with van der Waals surface area (Å²) >= 11 is 0. The van der Waals surface area contributed by atoms with Crippen LogP contribution in [0.3, 0.4) is 0 Å². The van der Waals surface area contributed by atoms with E-state index in [2.05, 4.69) is 47.6 Å². The zero-order chi connectivity index (χ0) is 19.8. The predicted molar refractivity (Wildman–Crippen MR) is 102 cm³/mol. The Kier molecular flexibility index (Phi) is 4.23. The number of fused-ring (bicyclic) bond motifs is 1. The predicted octanol–water partition coefficient (Wildman–Crippen LogP) is 3.51. The van der Waals surface area contributed by atoms with Crippen molar-refractivity contribution in [2.75, 3.05) is 0 Å². The molecule has 0 amide bonds. The summed E-state index contributed by atoms with van der Waals surface area (Å²) < 4.78 is 15.8. The Morgan fingerprint density at radius 2 is 2.00 bits per heavy atom. The summed E-state index contributed by atoms with van der Waals surface area (Å²) in [7, 11) is 0. The summed E-state index contributed by atoms with van der Waals surface area (Å²) in [5.41, 5.74) is 1.61. The van der Waals surface area contributed by atoms with Crippen LogP contribution in [0.1, 0.15) is 46.2 Å². The van der Waals surface area contributed by atoms with Crippen LogP contribution in [0.2, 0.25) is 0 Å². The number of nitrogens with zero attached hydrogens (tertiary/aromatic N) is 4. The van der Waals surface area contributed by atoms with Crippen molar-refractivity contribution in [3.63, 3.8) is 0 Å². The molecule has 27 heavy (non-hydrogen) atoms. The van der Waals surface area contributed by atoms with Crippen LogP contribution in [0.15, 0.2) is 36.6 Å². The zero-order valence-corrected chi connectivity index (χ0v) is 15.5. The normalized spacial score (nSPS) is 25.2. The highest BCUT2D eigenvalue weighted by atomic mass is 16.5. The second-order valence-corrected chi connectivity index (χ2v) is 6.91. The molecule has 0 radical (unpaired) electrons. The van der Waals surface area contributed by atoms with Crippen molar-refractivity contribution < 1.29 is 11.2 Å². The van der Waals surface area contributed by atoms with E-state index >= 15 is 0 Å². The van der Waals surface area contributed by atoms with E-state index < -0.39 is 0 Å². The fraction of sp³-hybridized carbons (Fsp3) is 0.381. The van der Waals surface area contributed by atoms with E-state index in [4.69, 9.17) is 6.11 Å². The molecule has 1 fully saturated rings. The second kappa shape index (κ2) is 7.01. The van der Waals surface area contributed by atoms with Gasteiger partial charge in [0.05, 0.1) is 7.47 Å². The maximum atomic E-state index is 10.1. The summed E-state index contributed by atoms with van der Waals surface area (Å²) in [6.07, 6.45) is 2.13. The topological polar surface area (TPSA) is 73.1 Å². The van der Waals surface area contributed by atoms with Crippen LogP contribution >= 0.6 is 0 Å². The Morgan fingerprint density at radius 3 is 2.70 bits per heavy atom. The van der Waals surface area contributed by atoms with Gasteiger partial charge in [0.1, 0.15) is 12.6 Å². The van der Waals surface area contributed by atoms with Gasteiger partial charge in [-0.05, 0) is 30.4 Å². The third kappa shape index (κ3) is 3.04. The molecule has 2 aromatic heterocycles. The summed E-state index contributed by atoms with van der Waals surface area (Å²) in [6.45, 7) is 6.47. The van der Waals surface area contributed by atoms with Gasteiger partial charge in [0.25, 0.3) is 0 Å². The van der Waals surface area contributed by atoms with E-state index in [1.807, 2.05) is 4.57 Å². The Labute approximate surface area is 159 Å². The molecule has 4 rings (SSSR count). The molecule has 6 nitrogen and oxygen atoms in total. The van der Waals surface area contributed by atoms with Gasteiger partial charge in [-0.3, -0.25) is 4.57 Å². The summed E-state index contributed by atoms with van der Waals surface area (Å²) in [5, 5.41) is 10.1. The molecule has 1 N–H and O–H groups in total. The Bertz CT molecular complexity index is 1070. The van der Waals surface area contributed by atoms with Crippen LogP contribution in [0.4, 0.5) is 0 Å². The third-order valence-corrected chi connectivity index (χ3v) is 5.33. The number of aromatic hydroxyl groups is 1. The van der Waals surface area contributed by atoms with Crippen LogP contribution in [0.5, 0.6) is 5.88 Å². The molecule has 3 aromatic rings. The lowest BCUT2D eigenvalue weighted by atomic mass is 9.91. The van der Waals surface area contributed by atoms with Crippen LogP contribution in [-0.2, 0) is 4.74 Å². The van der Waals surface area contributed by atoms with E-state index in [9.17, 15) is 5.11 Å². The lowest BCUT2D eigenvalue weighted by Gasteiger charge is -2.19. The molecule has 0 spiro atoms. The molecule has 0 aliphatic carbocycles. The van der Waals surface area contributed by atoms with E-state index in [1.165, 1.54) is 6.33 Å². The average molecular weight is 364 g/mol. The molecule has 0 saturated carbocycles. The standard InChI is InChI=1S/C21H22N4O2/c1-4-16-13(2)14(3)21(27-16)25-17(11-10-15-8-6-5-7-9-15)24-18-19(25)22-12-23-20(18)26/h5-9,12-14,16,21H,4H2,1-3H3,(H,22,23,26)/t13-,14?,16-,21-/m1/s1/i5T. The zero-order valence-electron chi connectivity index (χ0n) is 16.5. The number of rotatable bonds is 2. The van der Waals surface area contributed by atoms with Crippen molar-refractivity contribution in [3.8, 4) is 17.7 Å². The quantitative estimate of drug-likeness (QED) is 0.705. The molecule has 1 aromatic carbocycles. The van der Waals surface area contributed by atoms with Gasteiger partial charge in [-0.25, -0.2) is 9.97 Å². The van der Waals surface area contributed by atoms with Crippen molar-refractivity contribution in [3.05, 3.63) is 48.0 Å². The molecule has 3 heterocycles. The number of benzene rings is 1. The highest BCUT2D eigenvalue weighted by Crippen LogP contribution is 2.42. The Balaban J connectivity index is 1.84. The molecule has 138 valence electrons. The molecule has 6 heteroatoms. The molecule has 0 bridgehead atoms. The van der Waals surface area contributed by atoms with Gasteiger partial charge in [0.2, 0.25) is 5.88 Å². The first kappa shape index (κ1) is 16.3. The van der Waals surface area contributed by atoms with Crippen molar-refractivity contribution >= 4 is 11.2 Å². The minimum Gasteiger partial charge on any atom is -0.492 e. The van der Waals surface area contributed by atoms with Gasteiger partial charge in [-0.2, -0.15) is 4.98 Å². The highest BCUT2D eigenvalue weighted by Gasteiger charge is 2.40. The number of aromatic nitrogens is 4. The molecule has 1 aliphatic heterocycles. The van der Waals surface area contributed by atoms with Gasteiger partial charge in [0, 0.05) is 11.5 Å². The minimum absolute atomic E-state index is 0.151. The van der Waals surface area contributed by atoms with Gasteiger partial charge >= 0.3 is 0 Å². The summed E-state index contributed by atoms with van der Waals surface area (Å²) in [4.78, 5) is 12.7. The molecular weight excluding hydrogens is 340 g/mol. The van der Waals surface area contributed by atoms with Crippen molar-refractivity contribution in [2.45, 2.75) is 39.5 Å². The van der Waals surface area contributed by atoms with E-state index in [-0.39, 0.29) is 24.1 Å².